The van der Waals surface area contributed by atoms with Crippen molar-refractivity contribution < 1.29 is 17.9 Å². The summed E-state index contributed by atoms with van der Waals surface area (Å²) < 4.78 is 32.9. The van der Waals surface area contributed by atoms with Crippen LogP contribution in [0.1, 0.15) is 22.8 Å². The standard InChI is InChI=1S/C22H22N2O4S/c1-3-16-8-12-18(13-9-16)23-22(25)17-10-14-19(15-11-17)29(26,27)24-20-6-4-5-7-21(20)28-2/h4-15,24H,3H2,1-2H3,(H,23,25). The summed E-state index contributed by atoms with van der Waals surface area (Å²) in [4.78, 5) is 12.5. The van der Waals surface area contributed by atoms with Gasteiger partial charge in [0.1, 0.15) is 5.75 Å². The van der Waals surface area contributed by atoms with Crippen LogP contribution in [0.25, 0.3) is 0 Å². The highest BCUT2D eigenvalue weighted by atomic mass is 32.2. The van der Waals surface area contributed by atoms with E-state index in [1.54, 1.807) is 24.3 Å². The summed E-state index contributed by atoms with van der Waals surface area (Å²) in [6, 6.07) is 20.1. The highest BCUT2D eigenvalue weighted by molar-refractivity contribution is 7.92. The molecule has 0 fully saturated rings. The second-order valence-electron chi connectivity index (χ2n) is 6.33. The molecule has 2 N–H and O–H groups in total. The number of nitrogens with one attached hydrogen (secondary N) is 2. The summed E-state index contributed by atoms with van der Waals surface area (Å²) in [5.41, 5.74) is 2.56. The molecule has 0 aliphatic carbocycles. The predicted molar refractivity (Wildman–Crippen MR) is 114 cm³/mol. The second-order valence-corrected chi connectivity index (χ2v) is 8.02. The van der Waals surface area contributed by atoms with Gasteiger partial charge in [0.15, 0.2) is 0 Å². The van der Waals surface area contributed by atoms with Gasteiger partial charge >= 0.3 is 0 Å². The van der Waals surface area contributed by atoms with E-state index in [-0.39, 0.29) is 10.8 Å². The quantitative estimate of drug-likeness (QED) is 0.608. The van der Waals surface area contributed by atoms with Crippen LogP contribution in [-0.2, 0) is 16.4 Å². The fourth-order valence-corrected chi connectivity index (χ4v) is 3.82. The second kappa shape index (κ2) is 8.79. The number of rotatable bonds is 7. The van der Waals surface area contributed by atoms with Gasteiger partial charge in [0.2, 0.25) is 0 Å². The molecule has 0 aliphatic heterocycles. The first kappa shape index (κ1) is 20.4. The molecule has 7 heteroatoms. The number of hydrogen-bond donors (Lipinski definition) is 2. The fraction of sp³-hybridized carbons (Fsp3) is 0.136. The van der Waals surface area contributed by atoms with Crippen molar-refractivity contribution >= 4 is 27.3 Å². The van der Waals surface area contributed by atoms with Gasteiger partial charge in [0, 0.05) is 11.3 Å². The van der Waals surface area contributed by atoms with Crippen LogP contribution in [0.5, 0.6) is 5.75 Å². The van der Waals surface area contributed by atoms with Crippen molar-refractivity contribution in [3.63, 3.8) is 0 Å². The van der Waals surface area contributed by atoms with Gasteiger partial charge < -0.3 is 10.1 Å². The number of aryl methyl sites for hydroxylation is 1. The lowest BCUT2D eigenvalue weighted by molar-refractivity contribution is 0.102. The molecule has 3 aromatic rings. The molecule has 0 atom stereocenters. The number of anilines is 2. The number of ether oxygens (including phenoxy) is 1. The number of carbonyl (C=O) groups excluding carboxylic acids is 1. The van der Waals surface area contributed by atoms with Gasteiger partial charge in [0.05, 0.1) is 17.7 Å². The van der Waals surface area contributed by atoms with Crippen molar-refractivity contribution in [2.45, 2.75) is 18.2 Å². The number of para-hydroxylation sites is 2. The number of benzene rings is 3. The maximum absolute atomic E-state index is 12.6. The Bertz CT molecular complexity index is 1090. The number of methoxy groups -OCH3 is 1. The predicted octanol–water partition coefficient (Wildman–Crippen LogP) is 4.31. The highest BCUT2D eigenvalue weighted by Gasteiger charge is 2.17. The Labute approximate surface area is 170 Å². The van der Waals surface area contributed by atoms with E-state index in [2.05, 4.69) is 17.0 Å². The van der Waals surface area contributed by atoms with E-state index < -0.39 is 10.0 Å². The molecule has 1 amide bonds. The van der Waals surface area contributed by atoms with E-state index in [9.17, 15) is 13.2 Å². The average molecular weight is 410 g/mol. The topological polar surface area (TPSA) is 84.5 Å². The molecule has 3 aromatic carbocycles. The van der Waals surface area contributed by atoms with E-state index in [1.165, 1.54) is 36.9 Å². The first-order valence-electron chi connectivity index (χ1n) is 9.09. The zero-order chi connectivity index (χ0) is 20.9. The Morgan fingerprint density at radius 2 is 1.59 bits per heavy atom. The van der Waals surface area contributed by atoms with Gasteiger partial charge in [-0.15, -0.1) is 0 Å². The lowest BCUT2D eigenvalue weighted by Crippen LogP contribution is -2.15. The zero-order valence-electron chi connectivity index (χ0n) is 16.2. The zero-order valence-corrected chi connectivity index (χ0v) is 17.0. The summed E-state index contributed by atoms with van der Waals surface area (Å²) in [5, 5.41) is 2.80. The van der Waals surface area contributed by atoms with Crippen molar-refractivity contribution in [1.82, 2.24) is 0 Å². The van der Waals surface area contributed by atoms with Crippen molar-refractivity contribution in [3.05, 3.63) is 83.9 Å². The molecule has 0 saturated heterocycles. The third-order valence-electron chi connectivity index (χ3n) is 4.40. The van der Waals surface area contributed by atoms with Crippen molar-refractivity contribution in [2.75, 3.05) is 17.1 Å². The smallest absolute Gasteiger partial charge is 0.262 e. The van der Waals surface area contributed by atoms with Gasteiger partial charge in [0.25, 0.3) is 15.9 Å². The molecule has 6 nitrogen and oxygen atoms in total. The third kappa shape index (κ3) is 4.94. The molecule has 0 spiro atoms. The Morgan fingerprint density at radius 1 is 0.931 bits per heavy atom. The monoisotopic (exact) mass is 410 g/mol. The summed E-state index contributed by atoms with van der Waals surface area (Å²) >= 11 is 0. The lowest BCUT2D eigenvalue weighted by Gasteiger charge is -2.12. The third-order valence-corrected chi connectivity index (χ3v) is 5.78. The molecule has 0 aliphatic rings. The molecule has 0 unspecified atom stereocenters. The highest BCUT2D eigenvalue weighted by Crippen LogP contribution is 2.26. The van der Waals surface area contributed by atoms with Crippen LogP contribution in [-0.4, -0.2) is 21.4 Å². The number of hydrogen-bond acceptors (Lipinski definition) is 4. The van der Waals surface area contributed by atoms with Crippen LogP contribution in [0, 0.1) is 0 Å². The maximum Gasteiger partial charge on any atom is 0.262 e. The lowest BCUT2D eigenvalue weighted by atomic mass is 10.1. The van der Waals surface area contributed by atoms with Crippen molar-refractivity contribution in [3.8, 4) is 5.75 Å². The molecule has 0 saturated carbocycles. The normalized spacial score (nSPS) is 11.0. The first-order valence-corrected chi connectivity index (χ1v) is 10.6. The maximum atomic E-state index is 12.6. The van der Waals surface area contributed by atoms with Crippen LogP contribution < -0.4 is 14.8 Å². The number of sulfonamides is 1. The van der Waals surface area contributed by atoms with E-state index in [1.807, 2.05) is 24.3 Å². The fourth-order valence-electron chi connectivity index (χ4n) is 2.75. The van der Waals surface area contributed by atoms with Gasteiger partial charge in [-0.2, -0.15) is 0 Å². The summed E-state index contributed by atoms with van der Waals surface area (Å²) in [5.74, 6) is 0.108. The number of amides is 1. The van der Waals surface area contributed by atoms with Crippen LogP contribution in [0.15, 0.2) is 77.7 Å². The summed E-state index contributed by atoms with van der Waals surface area (Å²) in [7, 11) is -2.35. The molecule has 0 bridgehead atoms. The van der Waals surface area contributed by atoms with Crippen molar-refractivity contribution in [1.29, 1.82) is 0 Å². The van der Waals surface area contributed by atoms with E-state index in [0.29, 0.717) is 22.7 Å². The average Bonchev–Trinajstić information content (AvgIpc) is 2.74. The Balaban J connectivity index is 1.73. The molecule has 150 valence electrons. The Morgan fingerprint density at radius 3 is 2.21 bits per heavy atom. The Kier molecular flexibility index (Phi) is 6.19. The van der Waals surface area contributed by atoms with Gasteiger partial charge in [-0.3, -0.25) is 9.52 Å². The molecule has 3 rings (SSSR count). The van der Waals surface area contributed by atoms with Crippen LogP contribution in [0.2, 0.25) is 0 Å². The van der Waals surface area contributed by atoms with E-state index in [0.717, 1.165) is 6.42 Å². The number of carbonyl (C=O) groups is 1. The minimum absolute atomic E-state index is 0.0484. The van der Waals surface area contributed by atoms with Crippen LogP contribution in [0.3, 0.4) is 0 Å². The van der Waals surface area contributed by atoms with E-state index in [4.69, 9.17) is 4.74 Å². The summed E-state index contributed by atoms with van der Waals surface area (Å²) in [6.45, 7) is 2.06. The van der Waals surface area contributed by atoms with Crippen LogP contribution >= 0.6 is 0 Å². The van der Waals surface area contributed by atoms with Gasteiger partial charge in [-0.05, 0) is 60.5 Å². The van der Waals surface area contributed by atoms with Crippen LogP contribution in [0.4, 0.5) is 11.4 Å². The van der Waals surface area contributed by atoms with E-state index >= 15 is 0 Å². The molecular formula is C22H22N2O4S. The molecule has 29 heavy (non-hydrogen) atoms. The Hall–Kier alpha value is -3.32. The molecular weight excluding hydrogens is 388 g/mol. The minimum atomic E-state index is -3.82. The first-order chi connectivity index (χ1) is 13.9. The van der Waals surface area contributed by atoms with Crippen molar-refractivity contribution in [2.24, 2.45) is 0 Å². The largest absolute Gasteiger partial charge is 0.495 e. The summed E-state index contributed by atoms with van der Waals surface area (Å²) in [6.07, 6.45) is 0.924. The SMILES string of the molecule is CCc1ccc(NC(=O)c2ccc(S(=O)(=O)Nc3ccccc3OC)cc2)cc1. The molecule has 0 aromatic heterocycles. The van der Waals surface area contributed by atoms with Gasteiger partial charge in [-0.25, -0.2) is 8.42 Å². The molecule has 0 radical (unpaired) electrons. The van der Waals surface area contributed by atoms with Gasteiger partial charge in [-0.1, -0.05) is 31.2 Å². The molecule has 0 heterocycles. The minimum Gasteiger partial charge on any atom is -0.495 e.